The number of aromatic nitrogens is 1. The van der Waals surface area contributed by atoms with Gasteiger partial charge in [0.1, 0.15) is 0 Å². The van der Waals surface area contributed by atoms with E-state index in [1.807, 2.05) is 6.07 Å². The lowest BCUT2D eigenvalue weighted by molar-refractivity contribution is -0.114. The van der Waals surface area contributed by atoms with Gasteiger partial charge in [-0.05, 0) is 31.2 Å². The number of primary amides is 1. The Morgan fingerprint density at radius 3 is 3.08 bits per heavy atom. The number of ether oxygens (including phenoxy) is 1. The molecule has 6 heteroatoms. The SMILES string of the molecule is CCCOCC1CCCN(c2ccnc3c2C(N)=C(C(N)=O)C3)C1. The van der Waals surface area contributed by atoms with Crippen LogP contribution in [0.15, 0.2) is 17.8 Å². The minimum absolute atomic E-state index is 0.432. The van der Waals surface area contributed by atoms with Gasteiger partial charge in [0.2, 0.25) is 5.91 Å². The molecule has 0 spiro atoms. The van der Waals surface area contributed by atoms with Gasteiger partial charge in [-0.2, -0.15) is 0 Å². The summed E-state index contributed by atoms with van der Waals surface area (Å²) in [5.74, 6) is 0.0669. The van der Waals surface area contributed by atoms with E-state index in [0.29, 0.717) is 23.6 Å². The van der Waals surface area contributed by atoms with Gasteiger partial charge in [-0.15, -0.1) is 0 Å². The van der Waals surface area contributed by atoms with Crippen molar-refractivity contribution in [3.63, 3.8) is 0 Å². The van der Waals surface area contributed by atoms with Crippen LogP contribution in [0.1, 0.15) is 37.4 Å². The third kappa shape index (κ3) is 3.24. The standard InChI is InChI=1S/C18H26N4O2/c1-2-8-24-11-12-4-3-7-22(10-12)15-5-6-21-14-9-13(18(20)23)17(19)16(14)15/h5-6,12H,2-4,7-11,19H2,1H3,(H2,20,23). The van der Waals surface area contributed by atoms with Crippen molar-refractivity contribution in [2.45, 2.75) is 32.6 Å². The molecule has 4 N–H and O–H groups in total. The van der Waals surface area contributed by atoms with E-state index >= 15 is 0 Å². The summed E-state index contributed by atoms with van der Waals surface area (Å²) in [7, 11) is 0. The zero-order valence-corrected chi connectivity index (χ0v) is 14.3. The van der Waals surface area contributed by atoms with Crippen molar-refractivity contribution >= 4 is 17.3 Å². The maximum atomic E-state index is 11.6. The molecule has 0 saturated carbocycles. The fraction of sp³-hybridized carbons (Fsp3) is 0.556. The van der Waals surface area contributed by atoms with Crippen molar-refractivity contribution in [2.24, 2.45) is 17.4 Å². The highest BCUT2D eigenvalue weighted by atomic mass is 16.5. The Bertz CT molecular complexity index is 656. The molecular weight excluding hydrogens is 304 g/mol. The van der Waals surface area contributed by atoms with Crippen LogP contribution < -0.4 is 16.4 Å². The van der Waals surface area contributed by atoms with E-state index in [1.54, 1.807) is 6.20 Å². The van der Waals surface area contributed by atoms with Crippen molar-refractivity contribution in [1.82, 2.24) is 4.98 Å². The van der Waals surface area contributed by atoms with Crippen LogP contribution in [0, 0.1) is 5.92 Å². The number of carbonyl (C=O) groups excluding carboxylic acids is 1. The Labute approximate surface area is 142 Å². The van der Waals surface area contributed by atoms with E-state index in [4.69, 9.17) is 16.2 Å². The van der Waals surface area contributed by atoms with E-state index in [9.17, 15) is 4.79 Å². The molecule has 1 aromatic rings. The maximum absolute atomic E-state index is 11.6. The third-order valence-electron chi connectivity index (χ3n) is 4.81. The monoisotopic (exact) mass is 330 g/mol. The van der Waals surface area contributed by atoms with Crippen molar-refractivity contribution in [3.05, 3.63) is 29.1 Å². The quantitative estimate of drug-likeness (QED) is 0.770. The molecule has 1 atom stereocenters. The minimum atomic E-state index is -0.457. The molecule has 2 heterocycles. The predicted octanol–water partition coefficient (Wildman–Crippen LogP) is 1.44. The smallest absolute Gasteiger partial charge is 0.247 e. The first kappa shape index (κ1) is 16.8. The Kier molecular flexibility index (Phi) is 5.04. The fourth-order valence-corrected chi connectivity index (χ4v) is 3.63. The third-order valence-corrected chi connectivity index (χ3v) is 4.81. The zero-order chi connectivity index (χ0) is 17.1. The van der Waals surface area contributed by atoms with Gasteiger partial charge in [-0.3, -0.25) is 9.78 Å². The van der Waals surface area contributed by atoms with E-state index in [0.717, 1.165) is 56.1 Å². The van der Waals surface area contributed by atoms with Crippen LogP contribution in [0.2, 0.25) is 0 Å². The molecule has 1 unspecified atom stereocenters. The highest BCUT2D eigenvalue weighted by Crippen LogP contribution is 2.36. The Balaban J connectivity index is 1.81. The number of anilines is 1. The lowest BCUT2D eigenvalue weighted by Crippen LogP contribution is -2.38. The summed E-state index contributed by atoms with van der Waals surface area (Å²) in [5, 5.41) is 0. The topological polar surface area (TPSA) is 94.5 Å². The van der Waals surface area contributed by atoms with Crippen molar-refractivity contribution in [1.29, 1.82) is 0 Å². The normalized spacial score (nSPS) is 20.4. The Hall–Kier alpha value is -2.08. The first-order valence-corrected chi connectivity index (χ1v) is 8.71. The van der Waals surface area contributed by atoms with Crippen LogP contribution >= 0.6 is 0 Å². The minimum Gasteiger partial charge on any atom is -0.398 e. The highest BCUT2D eigenvalue weighted by molar-refractivity contribution is 6.03. The van der Waals surface area contributed by atoms with Crippen LogP contribution in [-0.2, 0) is 16.0 Å². The van der Waals surface area contributed by atoms with Gasteiger partial charge in [0.05, 0.1) is 18.0 Å². The van der Waals surface area contributed by atoms with Gasteiger partial charge in [-0.1, -0.05) is 6.92 Å². The average Bonchev–Trinajstić information content (AvgIpc) is 2.93. The molecule has 1 amide bonds. The molecule has 0 aromatic carbocycles. The molecule has 0 radical (unpaired) electrons. The number of hydrogen-bond acceptors (Lipinski definition) is 5. The predicted molar refractivity (Wildman–Crippen MR) is 94.3 cm³/mol. The number of amides is 1. The van der Waals surface area contributed by atoms with Gasteiger partial charge >= 0.3 is 0 Å². The zero-order valence-electron chi connectivity index (χ0n) is 14.3. The van der Waals surface area contributed by atoms with E-state index < -0.39 is 5.91 Å². The first-order valence-electron chi connectivity index (χ1n) is 8.71. The number of pyridine rings is 1. The summed E-state index contributed by atoms with van der Waals surface area (Å²) in [4.78, 5) is 18.3. The summed E-state index contributed by atoms with van der Waals surface area (Å²) in [6, 6.07) is 1.99. The molecule has 1 aliphatic heterocycles. The molecule has 1 saturated heterocycles. The summed E-state index contributed by atoms with van der Waals surface area (Å²) in [5.41, 5.74) is 15.4. The van der Waals surface area contributed by atoms with Crippen LogP contribution in [0.25, 0.3) is 5.70 Å². The van der Waals surface area contributed by atoms with Gasteiger partial charge in [0.25, 0.3) is 0 Å². The van der Waals surface area contributed by atoms with Crippen LogP contribution in [-0.4, -0.2) is 37.2 Å². The number of fused-ring (bicyclic) bond motifs is 1. The second-order valence-electron chi connectivity index (χ2n) is 6.61. The Morgan fingerprint density at radius 1 is 1.50 bits per heavy atom. The maximum Gasteiger partial charge on any atom is 0.247 e. The van der Waals surface area contributed by atoms with E-state index in [2.05, 4.69) is 16.8 Å². The molecule has 130 valence electrons. The Morgan fingerprint density at radius 2 is 2.33 bits per heavy atom. The van der Waals surface area contributed by atoms with E-state index in [1.165, 1.54) is 6.42 Å². The van der Waals surface area contributed by atoms with Gasteiger partial charge in [0, 0.05) is 49.1 Å². The van der Waals surface area contributed by atoms with Crippen LogP contribution in [0.4, 0.5) is 5.69 Å². The number of hydrogen-bond donors (Lipinski definition) is 2. The number of piperidine rings is 1. The second-order valence-corrected chi connectivity index (χ2v) is 6.61. The number of carbonyl (C=O) groups is 1. The van der Waals surface area contributed by atoms with Gasteiger partial charge in [0.15, 0.2) is 0 Å². The van der Waals surface area contributed by atoms with Crippen molar-refractivity contribution in [2.75, 3.05) is 31.2 Å². The summed E-state index contributed by atoms with van der Waals surface area (Å²) in [6.45, 7) is 5.67. The average molecular weight is 330 g/mol. The lowest BCUT2D eigenvalue weighted by atomic mass is 9.97. The molecule has 0 bridgehead atoms. The van der Waals surface area contributed by atoms with Crippen molar-refractivity contribution < 1.29 is 9.53 Å². The number of rotatable bonds is 6. The number of nitrogens with two attached hydrogens (primary N) is 2. The van der Waals surface area contributed by atoms with Crippen LogP contribution in [0.5, 0.6) is 0 Å². The molecule has 24 heavy (non-hydrogen) atoms. The molecule has 2 aliphatic rings. The van der Waals surface area contributed by atoms with E-state index in [-0.39, 0.29) is 0 Å². The fourth-order valence-electron chi connectivity index (χ4n) is 3.63. The first-order chi connectivity index (χ1) is 11.6. The van der Waals surface area contributed by atoms with Crippen LogP contribution in [0.3, 0.4) is 0 Å². The summed E-state index contributed by atoms with van der Waals surface area (Å²) < 4.78 is 5.73. The largest absolute Gasteiger partial charge is 0.398 e. The molecule has 1 aliphatic carbocycles. The lowest BCUT2D eigenvalue weighted by Gasteiger charge is -2.35. The molecular formula is C18H26N4O2. The van der Waals surface area contributed by atoms with Gasteiger partial charge in [-0.25, -0.2) is 0 Å². The molecule has 6 nitrogen and oxygen atoms in total. The van der Waals surface area contributed by atoms with Crippen molar-refractivity contribution in [3.8, 4) is 0 Å². The highest BCUT2D eigenvalue weighted by Gasteiger charge is 2.30. The van der Waals surface area contributed by atoms with Gasteiger partial charge < -0.3 is 21.1 Å². The number of nitrogens with zero attached hydrogens (tertiary/aromatic N) is 2. The molecule has 1 aromatic heterocycles. The summed E-state index contributed by atoms with van der Waals surface area (Å²) >= 11 is 0. The molecule has 3 rings (SSSR count). The second kappa shape index (κ2) is 7.21. The molecule has 1 fully saturated rings. The summed E-state index contributed by atoms with van der Waals surface area (Å²) in [6.07, 6.45) is 5.59.